The van der Waals surface area contributed by atoms with E-state index in [0.717, 1.165) is 25.3 Å². The standard InChI is InChI=1S/C18H23N5O2S/c1-21-12-13(6-7-16(21)24)19-18(25)23-10-8-22(9-11-23)17-14-4-2-3-5-15(14)26-20-17/h2-5,13H,6-12H2,1H3,(H,19,25)/t13-/m0/s1. The van der Waals surface area contributed by atoms with Gasteiger partial charge in [-0.3, -0.25) is 4.79 Å². The van der Waals surface area contributed by atoms with E-state index in [1.807, 2.05) is 17.0 Å². The SMILES string of the molecule is CN1C[C@@H](NC(=O)N2CCN(c3nsc4ccccc34)CC2)CCC1=O. The van der Waals surface area contributed by atoms with E-state index >= 15 is 0 Å². The van der Waals surface area contributed by atoms with Crippen molar-refractivity contribution >= 4 is 39.4 Å². The van der Waals surface area contributed by atoms with Gasteiger partial charge < -0.3 is 20.0 Å². The molecule has 0 saturated carbocycles. The Kier molecular flexibility index (Phi) is 4.67. The number of rotatable bonds is 2. The molecule has 138 valence electrons. The van der Waals surface area contributed by atoms with Gasteiger partial charge in [-0.2, -0.15) is 4.37 Å². The maximum Gasteiger partial charge on any atom is 0.317 e. The number of fused-ring (bicyclic) bond motifs is 1. The molecule has 0 spiro atoms. The van der Waals surface area contributed by atoms with E-state index in [9.17, 15) is 9.59 Å². The maximum absolute atomic E-state index is 12.5. The number of benzene rings is 1. The lowest BCUT2D eigenvalue weighted by molar-refractivity contribution is -0.132. The Bertz CT molecular complexity index is 815. The summed E-state index contributed by atoms with van der Waals surface area (Å²) in [5, 5.41) is 4.27. The topological polar surface area (TPSA) is 68.8 Å². The molecule has 0 unspecified atom stereocenters. The second-order valence-corrected chi connectivity index (χ2v) is 7.74. The van der Waals surface area contributed by atoms with E-state index < -0.39 is 0 Å². The highest BCUT2D eigenvalue weighted by Crippen LogP contribution is 2.29. The van der Waals surface area contributed by atoms with Crippen molar-refractivity contribution in [3.63, 3.8) is 0 Å². The van der Waals surface area contributed by atoms with Gasteiger partial charge in [-0.1, -0.05) is 12.1 Å². The van der Waals surface area contributed by atoms with Gasteiger partial charge in [0.05, 0.1) is 4.70 Å². The maximum atomic E-state index is 12.5. The second kappa shape index (κ2) is 7.11. The molecular formula is C18H23N5O2S. The predicted octanol–water partition coefficient (Wildman–Crippen LogP) is 1.75. The number of nitrogens with one attached hydrogen (secondary N) is 1. The van der Waals surface area contributed by atoms with Gasteiger partial charge in [-0.05, 0) is 30.1 Å². The Morgan fingerprint density at radius 1 is 1.23 bits per heavy atom. The van der Waals surface area contributed by atoms with Crippen molar-refractivity contribution in [2.75, 3.05) is 44.7 Å². The zero-order chi connectivity index (χ0) is 18.1. The van der Waals surface area contributed by atoms with Gasteiger partial charge in [0.15, 0.2) is 0 Å². The number of likely N-dealkylation sites (tertiary alicyclic amines) is 1. The summed E-state index contributed by atoms with van der Waals surface area (Å²) in [6.45, 7) is 3.52. The van der Waals surface area contributed by atoms with Crippen LogP contribution < -0.4 is 10.2 Å². The molecule has 7 nitrogen and oxygen atoms in total. The third-order valence-corrected chi connectivity index (χ3v) is 6.00. The monoisotopic (exact) mass is 373 g/mol. The van der Waals surface area contributed by atoms with E-state index in [1.54, 1.807) is 11.9 Å². The number of nitrogens with zero attached hydrogens (tertiary/aromatic N) is 4. The molecule has 2 aliphatic rings. The fourth-order valence-corrected chi connectivity index (χ4v) is 4.41. The first-order valence-corrected chi connectivity index (χ1v) is 9.78. The minimum absolute atomic E-state index is 0.0273. The average molecular weight is 373 g/mol. The minimum Gasteiger partial charge on any atom is -0.352 e. The molecular weight excluding hydrogens is 350 g/mol. The molecule has 3 heterocycles. The summed E-state index contributed by atoms with van der Waals surface area (Å²) in [5.74, 6) is 1.18. The Morgan fingerprint density at radius 2 is 2.00 bits per heavy atom. The van der Waals surface area contributed by atoms with Gasteiger partial charge in [0.25, 0.3) is 0 Å². The summed E-state index contributed by atoms with van der Waals surface area (Å²) < 4.78 is 5.80. The Hall–Kier alpha value is -2.35. The van der Waals surface area contributed by atoms with Gasteiger partial charge in [-0.15, -0.1) is 0 Å². The highest BCUT2D eigenvalue weighted by molar-refractivity contribution is 7.13. The normalized spacial score (nSPS) is 21.3. The number of carbonyl (C=O) groups excluding carboxylic acids is 2. The molecule has 1 N–H and O–H groups in total. The smallest absolute Gasteiger partial charge is 0.317 e. The molecule has 2 aliphatic heterocycles. The zero-order valence-electron chi connectivity index (χ0n) is 14.9. The van der Waals surface area contributed by atoms with Crippen molar-refractivity contribution < 1.29 is 9.59 Å². The van der Waals surface area contributed by atoms with Gasteiger partial charge in [0.2, 0.25) is 5.91 Å². The number of hydrogen-bond acceptors (Lipinski definition) is 5. The molecule has 8 heteroatoms. The molecule has 1 aromatic carbocycles. The number of hydrogen-bond donors (Lipinski definition) is 1. The van der Waals surface area contributed by atoms with Crippen LogP contribution in [0.2, 0.25) is 0 Å². The van der Waals surface area contributed by atoms with Crippen LogP contribution in [0.3, 0.4) is 0 Å². The zero-order valence-corrected chi connectivity index (χ0v) is 15.7. The third kappa shape index (κ3) is 3.33. The summed E-state index contributed by atoms with van der Waals surface area (Å²) >= 11 is 1.52. The summed E-state index contributed by atoms with van der Waals surface area (Å²) in [5.41, 5.74) is 0. The van der Waals surface area contributed by atoms with E-state index in [1.165, 1.54) is 21.6 Å². The van der Waals surface area contributed by atoms with Crippen LogP contribution in [0.15, 0.2) is 24.3 Å². The molecule has 4 rings (SSSR count). The number of urea groups is 1. The first-order chi connectivity index (χ1) is 12.6. The molecule has 3 amide bonds. The fraction of sp³-hybridized carbons (Fsp3) is 0.500. The summed E-state index contributed by atoms with van der Waals surface area (Å²) in [7, 11) is 1.79. The van der Waals surface area contributed by atoms with Crippen LogP contribution in [-0.4, -0.2) is 71.9 Å². The van der Waals surface area contributed by atoms with Crippen LogP contribution in [0.1, 0.15) is 12.8 Å². The average Bonchev–Trinajstić information content (AvgIpc) is 3.09. The molecule has 2 aromatic rings. The molecule has 0 radical (unpaired) electrons. The summed E-state index contributed by atoms with van der Waals surface area (Å²) in [6.07, 6.45) is 1.23. The molecule has 0 bridgehead atoms. The van der Waals surface area contributed by atoms with Gasteiger partial charge in [0.1, 0.15) is 5.82 Å². The first-order valence-electron chi connectivity index (χ1n) is 9.00. The van der Waals surface area contributed by atoms with Gasteiger partial charge >= 0.3 is 6.03 Å². The van der Waals surface area contributed by atoms with E-state index in [-0.39, 0.29) is 18.0 Å². The summed E-state index contributed by atoms with van der Waals surface area (Å²) in [4.78, 5) is 29.9. The largest absolute Gasteiger partial charge is 0.352 e. The Balaban J connectivity index is 1.33. The Morgan fingerprint density at radius 3 is 2.77 bits per heavy atom. The number of aromatic nitrogens is 1. The molecule has 26 heavy (non-hydrogen) atoms. The fourth-order valence-electron chi connectivity index (χ4n) is 3.62. The second-order valence-electron chi connectivity index (χ2n) is 6.94. The van der Waals surface area contributed by atoms with Crippen molar-refractivity contribution in [2.24, 2.45) is 0 Å². The number of piperidine rings is 1. The Labute approximate surface area is 156 Å². The van der Waals surface area contributed by atoms with Crippen LogP contribution in [0, 0.1) is 0 Å². The predicted molar refractivity (Wildman–Crippen MR) is 103 cm³/mol. The van der Waals surface area contributed by atoms with E-state index in [2.05, 4.69) is 26.7 Å². The van der Waals surface area contributed by atoms with Crippen LogP contribution in [0.25, 0.3) is 10.1 Å². The number of piperazine rings is 1. The number of likely N-dealkylation sites (N-methyl/N-ethyl adjacent to an activating group) is 1. The lowest BCUT2D eigenvalue weighted by Gasteiger charge is -2.37. The lowest BCUT2D eigenvalue weighted by atomic mass is 10.1. The van der Waals surface area contributed by atoms with E-state index in [0.29, 0.717) is 26.1 Å². The molecule has 2 fully saturated rings. The van der Waals surface area contributed by atoms with Crippen molar-refractivity contribution in [3.8, 4) is 0 Å². The highest BCUT2D eigenvalue weighted by atomic mass is 32.1. The molecule has 0 aliphatic carbocycles. The van der Waals surface area contributed by atoms with Crippen molar-refractivity contribution in [2.45, 2.75) is 18.9 Å². The number of amides is 3. The van der Waals surface area contributed by atoms with Crippen molar-refractivity contribution in [3.05, 3.63) is 24.3 Å². The third-order valence-electron chi connectivity index (χ3n) is 5.18. The van der Waals surface area contributed by atoms with Gasteiger partial charge in [0, 0.05) is 57.6 Å². The van der Waals surface area contributed by atoms with Crippen LogP contribution in [0.5, 0.6) is 0 Å². The molecule has 2 saturated heterocycles. The lowest BCUT2D eigenvalue weighted by Crippen LogP contribution is -2.56. The first kappa shape index (κ1) is 17.1. The van der Waals surface area contributed by atoms with Crippen molar-refractivity contribution in [1.29, 1.82) is 0 Å². The molecule has 1 aromatic heterocycles. The van der Waals surface area contributed by atoms with Gasteiger partial charge in [-0.25, -0.2) is 4.79 Å². The van der Waals surface area contributed by atoms with E-state index in [4.69, 9.17) is 0 Å². The number of anilines is 1. The molecule has 1 atom stereocenters. The van der Waals surface area contributed by atoms with Crippen molar-refractivity contribution in [1.82, 2.24) is 19.5 Å². The van der Waals surface area contributed by atoms with Crippen LogP contribution in [-0.2, 0) is 4.79 Å². The number of carbonyl (C=O) groups is 2. The summed E-state index contributed by atoms with van der Waals surface area (Å²) in [6, 6.07) is 8.28. The van der Waals surface area contributed by atoms with Crippen LogP contribution >= 0.6 is 11.5 Å². The quantitative estimate of drug-likeness (QED) is 0.871. The van der Waals surface area contributed by atoms with Crippen LogP contribution in [0.4, 0.5) is 10.6 Å². The highest BCUT2D eigenvalue weighted by Gasteiger charge is 2.28. The minimum atomic E-state index is -0.0273.